The van der Waals surface area contributed by atoms with E-state index in [1.165, 1.54) is 18.2 Å². The summed E-state index contributed by atoms with van der Waals surface area (Å²) in [5, 5.41) is 11.5. The van der Waals surface area contributed by atoms with Gasteiger partial charge in [0.25, 0.3) is 0 Å². The molecular weight excluding hydrogens is 233 g/mol. The second-order valence-corrected chi connectivity index (χ2v) is 4.42. The van der Waals surface area contributed by atoms with E-state index in [0.29, 0.717) is 5.56 Å². The molecule has 0 bridgehead atoms. The number of halogens is 1. The molecule has 4 nitrogen and oxygen atoms in total. The highest BCUT2D eigenvalue weighted by atomic mass is 19.1. The van der Waals surface area contributed by atoms with E-state index in [9.17, 15) is 9.18 Å². The molecule has 0 saturated heterocycles. The molecule has 0 radical (unpaired) electrons. The van der Waals surface area contributed by atoms with Crippen molar-refractivity contribution in [3.05, 3.63) is 35.1 Å². The first-order valence-electron chi connectivity index (χ1n) is 5.67. The largest absolute Gasteiger partial charge is 0.368 e. The lowest BCUT2D eigenvalue weighted by Gasteiger charge is -2.19. The molecule has 0 aliphatic heterocycles. The Hall–Kier alpha value is -1.93. The van der Waals surface area contributed by atoms with Crippen molar-refractivity contribution in [1.82, 2.24) is 5.32 Å². The topological polar surface area (TPSA) is 78.9 Å². The van der Waals surface area contributed by atoms with Crippen molar-refractivity contribution in [3.8, 4) is 6.07 Å². The van der Waals surface area contributed by atoms with Gasteiger partial charge in [0.2, 0.25) is 5.91 Å². The van der Waals surface area contributed by atoms with Gasteiger partial charge in [0.15, 0.2) is 0 Å². The van der Waals surface area contributed by atoms with Crippen LogP contribution in [-0.2, 0) is 11.3 Å². The van der Waals surface area contributed by atoms with Gasteiger partial charge in [-0.2, -0.15) is 5.26 Å². The summed E-state index contributed by atoms with van der Waals surface area (Å²) in [5.41, 5.74) is 5.92. The normalized spacial score (nSPS) is 12.2. The van der Waals surface area contributed by atoms with Crippen LogP contribution in [-0.4, -0.2) is 11.9 Å². The Morgan fingerprint density at radius 1 is 1.56 bits per heavy atom. The lowest BCUT2D eigenvalue weighted by molar-refractivity contribution is -0.121. The smallest absolute Gasteiger partial charge is 0.234 e. The number of nitrogens with zero attached hydrogens (tertiary/aromatic N) is 1. The predicted octanol–water partition coefficient (Wildman–Crippen LogP) is 1.30. The van der Waals surface area contributed by atoms with Crippen molar-refractivity contribution in [1.29, 1.82) is 5.26 Å². The summed E-state index contributed by atoms with van der Waals surface area (Å²) in [5.74, 6) is -0.892. The van der Waals surface area contributed by atoms with E-state index in [1.807, 2.05) is 19.9 Å². The number of primary amides is 1. The van der Waals surface area contributed by atoms with Gasteiger partial charge < -0.3 is 11.1 Å². The zero-order chi connectivity index (χ0) is 13.7. The Morgan fingerprint density at radius 2 is 2.22 bits per heavy atom. The number of benzene rings is 1. The number of carbonyl (C=O) groups excluding carboxylic acids is 1. The Morgan fingerprint density at radius 3 is 2.67 bits per heavy atom. The molecule has 1 rings (SSSR count). The number of hydrogen-bond donors (Lipinski definition) is 2. The Kier molecular flexibility index (Phi) is 4.81. The first-order chi connectivity index (χ1) is 8.45. The van der Waals surface area contributed by atoms with E-state index in [-0.39, 0.29) is 18.0 Å². The molecule has 0 fully saturated rings. The van der Waals surface area contributed by atoms with Crippen molar-refractivity contribution < 1.29 is 9.18 Å². The van der Waals surface area contributed by atoms with Crippen LogP contribution < -0.4 is 11.1 Å². The zero-order valence-electron chi connectivity index (χ0n) is 10.4. The Bertz CT molecular complexity index is 480. The molecule has 0 spiro atoms. The standard InChI is InChI=1S/C13H16FN3O/c1-8(2)12(13(16)18)17-7-10-4-3-9(6-15)5-11(10)14/h3-5,8,12,17H,7H2,1-2H3,(H2,16,18). The monoisotopic (exact) mass is 249 g/mol. The third-order valence-electron chi connectivity index (χ3n) is 2.67. The van der Waals surface area contributed by atoms with Crippen LogP contribution in [0.25, 0.3) is 0 Å². The van der Waals surface area contributed by atoms with Crippen LogP contribution in [0.3, 0.4) is 0 Å². The highest BCUT2D eigenvalue weighted by Crippen LogP contribution is 2.11. The van der Waals surface area contributed by atoms with Gasteiger partial charge in [0.1, 0.15) is 5.82 Å². The number of nitrogens with one attached hydrogen (secondary N) is 1. The van der Waals surface area contributed by atoms with Gasteiger partial charge in [-0.15, -0.1) is 0 Å². The molecule has 1 amide bonds. The number of carbonyl (C=O) groups is 1. The average molecular weight is 249 g/mol. The van der Waals surface area contributed by atoms with Gasteiger partial charge in [-0.1, -0.05) is 19.9 Å². The Labute approximate surface area is 106 Å². The van der Waals surface area contributed by atoms with Crippen molar-refractivity contribution in [3.63, 3.8) is 0 Å². The molecule has 3 N–H and O–H groups in total. The van der Waals surface area contributed by atoms with E-state index >= 15 is 0 Å². The van der Waals surface area contributed by atoms with Crippen molar-refractivity contribution in [2.75, 3.05) is 0 Å². The molecule has 96 valence electrons. The lowest BCUT2D eigenvalue weighted by Crippen LogP contribution is -2.44. The Balaban J connectivity index is 2.74. The van der Waals surface area contributed by atoms with Gasteiger partial charge in [-0.25, -0.2) is 4.39 Å². The fraction of sp³-hybridized carbons (Fsp3) is 0.385. The third-order valence-corrected chi connectivity index (χ3v) is 2.67. The first-order valence-corrected chi connectivity index (χ1v) is 5.67. The fourth-order valence-corrected chi connectivity index (χ4v) is 1.64. The molecule has 18 heavy (non-hydrogen) atoms. The molecule has 0 aliphatic carbocycles. The molecule has 5 heteroatoms. The van der Waals surface area contributed by atoms with E-state index < -0.39 is 17.8 Å². The van der Waals surface area contributed by atoms with Crippen LogP contribution in [0.5, 0.6) is 0 Å². The van der Waals surface area contributed by atoms with Gasteiger partial charge in [-0.3, -0.25) is 4.79 Å². The van der Waals surface area contributed by atoms with E-state index in [0.717, 1.165) is 0 Å². The summed E-state index contributed by atoms with van der Waals surface area (Å²) in [7, 11) is 0. The fourth-order valence-electron chi connectivity index (χ4n) is 1.64. The number of hydrogen-bond acceptors (Lipinski definition) is 3. The van der Waals surface area contributed by atoms with Gasteiger partial charge in [0.05, 0.1) is 17.7 Å². The van der Waals surface area contributed by atoms with Crippen molar-refractivity contribution in [2.24, 2.45) is 11.7 Å². The molecule has 1 unspecified atom stereocenters. The summed E-state index contributed by atoms with van der Waals surface area (Å²) < 4.78 is 13.6. The average Bonchev–Trinajstić information content (AvgIpc) is 2.30. The van der Waals surface area contributed by atoms with Crippen LogP contribution >= 0.6 is 0 Å². The van der Waals surface area contributed by atoms with Crippen LogP contribution in [0.1, 0.15) is 25.0 Å². The van der Waals surface area contributed by atoms with Gasteiger partial charge in [0, 0.05) is 12.1 Å². The number of amides is 1. The third kappa shape index (κ3) is 3.54. The number of nitriles is 1. The summed E-state index contributed by atoms with van der Waals surface area (Å²) in [6, 6.07) is 5.60. The number of nitrogens with two attached hydrogens (primary N) is 1. The highest BCUT2D eigenvalue weighted by Gasteiger charge is 2.19. The molecular formula is C13H16FN3O. The maximum absolute atomic E-state index is 13.6. The highest BCUT2D eigenvalue weighted by molar-refractivity contribution is 5.80. The van der Waals surface area contributed by atoms with Gasteiger partial charge >= 0.3 is 0 Å². The zero-order valence-corrected chi connectivity index (χ0v) is 10.4. The molecule has 1 aromatic carbocycles. The minimum Gasteiger partial charge on any atom is -0.368 e. The first kappa shape index (κ1) is 14.1. The summed E-state index contributed by atoms with van der Waals surface area (Å²) in [4.78, 5) is 11.2. The summed E-state index contributed by atoms with van der Waals surface area (Å²) >= 11 is 0. The van der Waals surface area contributed by atoms with Crippen LogP contribution in [0.4, 0.5) is 4.39 Å². The van der Waals surface area contributed by atoms with Crippen LogP contribution in [0.15, 0.2) is 18.2 Å². The maximum Gasteiger partial charge on any atom is 0.234 e. The molecule has 1 atom stereocenters. The lowest BCUT2D eigenvalue weighted by atomic mass is 10.0. The minimum atomic E-state index is -0.500. The predicted molar refractivity (Wildman–Crippen MR) is 65.8 cm³/mol. The molecule has 0 heterocycles. The molecule has 1 aromatic rings. The quantitative estimate of drug-likeness (QED) is 0.825. The van der Waals surface area contributed by atoms with E-state index in [1.54, 1.807) is 0 Å². The van der Waals surface area contributed by atoms with Crippen molar-refractivity contribution in [2.45, 2.75) is 26.4 Å². The molecule has 0 aliphatic rings. The number of rotatable bonds is 5. The summed E-state index contributed by atoms with van der Waals surface area (Å²) in [6.45, 7) is 3.92. The van der Waals surface area contributed by atoms with Crippen LogP contribution in [0, 0.1) is 23.1 Å². The van der Waals surface area contributed by atoms with Gasteiger partial charge in [-0.05, 0) is 18.1 Å². The second-order valence-electron chi connectivity index (χ2n) is 4.42. The molecule has 0 aromatic heterocycles. The SMILES string of the molecule is CC(C)C(NCc1ccc(C#N)cc1F)C(N)=O. The van der Waals surface area contributed by atoms with E-state index in [4.69, 9.17) is 11.0 Å². The minimum absolute atomic E-state index is 0.0314. The van der Waals surface area contributed by atoms with Crippen LogP contribution in [0.2, 0.25) is 0 Å². The molecule has 0 saturated carbocycles. The maximum atomic E-state index is 13.6. The second kappa shape index (κ2) is 6.12. The van der Waals surface area contributed by atoms with Crippen molar-refractivity contribution >= 4 is 5.91 Å². The van der Waals surface area contributed by atoms with E-state index in [2.05, 4.69) is 5.32 Å². The summed E-state index contributed by atoms with van der Waals surface area (Å²) in [6.07, 6.45) is 0.